The van der Waals surface area contributed by atoms with Crippen LogP contribution in [0.25, 0.3) is 0 Å². The van der Waals surface area contributed by atoms with Crippen molar-refractivity contribution < 1.29 is 18.7 Å². The summed E-state index contributed by atoms with van der Waals surface area (Å²) < 4.78 is 20.0. The molecule has 0 radical (unpaired) electrons. The zero-order valence-electron chi connectivity index (χ0n) is 13.5. The Morgan fingerprint density at radius 3 is 2.52 bits per heavy atom. The minimum absolute atomic E-state index is 0.0929. The highest BCUT2D eigenvalue weighted by molar-refractivity contribution is 5.88. The van der Waals surface area contributed by atoms with Gasteiger partial charge in [0.1, 0.15) is 0 Å². The summed E-state index contributed by atoms with van der Waals surface area (Å²) in [5.74, 6) is -0.0671. The van der Waals surface area contributed by atoms with Gasteiger partial charge in [0.2, 0.25) is 5.91 Å². The number of fused-ring (bicyclic) bond motifs is 1. The molecule has 0 aromatic rings. The number of hydrogen-bond acceptors (Lipinski definition) is 3. The van der Waals surface area contributed by atoms with Crippen molar-refractivity contribution in [3.05, 3.63) is 0 Å². The molecular weight excluding hydrogens is 299 g/mol. The minimum atomic E-state index is -1.59. The van der Waals surface area contributed by atoms with Crippen LogP contribution in [0.2, 0.25) is 0 Å². The Kier molecular flexibility index (Phi) is 3.82. The summed E-state index contributed by atoms with van der Waals surface area (Å²) in [6, 6.07) is 0. The number of halogens is 1. The molecule has 0 N–H and O–H groups in total. The lowest BCUT2D eigenvalue weighted by atomic mass is 9.83. The second-order valence-electron chi connectivity index (χ2n) is 7.60. The summed E-state index contributed by atoms with van der Waals surface area (Å²) in [4.78, 5) is 28.4. The summed E-state index contributed by atoms with van der Waals surface area (Å²) in [5.41, 5.74) is -1.59. The second kappa shape index (κ2) is 5.72. The summed E-state index contributed by atoms with van der Waals surface area (Å²) in [5, 5.41) is 0. The highest BCUT2D eigenvalue weighted by atomic mass is 19.1. The van der Waals surface area contributed by atoms with E-state index in [2.05, 4.69) is 0 Å². The Bertz CT molecular complexity index is 502. The largest absolute Gasteiger partial charge is 0.377 e. The minimum Gasteiger partial charge on any atom is -0.377 e. The van der Waals surface area contributed by atoms with Gasteiger partial charge in [-0.15, -0.1) is 0 Å². The molecule has 5 nitrogen and oxygen atoms in total. The third-order valence-corrected chi connectivity index (χ3v) is 5.89. The van der Waals surface area contributed by atoms with Crippen molar-refractivity contribution in [3.8, 4) is 0 Å². The number of carbonyl (C=O) groups is 2. The molecule has 6 heteroatoms. The van der Waals surface area contributed by atoms with Gasteiger partial charge in [-0.1, -0.05) is 0 Å². The van der Waals surface area contributed by atoms with E-state index in [4.69, 9.17) is 4.74 Å². The standard InChI is InChI=1S/C17H25FN2O3/c18-17(4-5-17)16(22)20-8-3-14-12(10-20)9-13(11-23-14)15(21)19-6-1-2-7-19/h12-14H,1-11H2/t12-,13-,14+/m0/s1. The van der Waals surface area contributed by atoms with E-state index in [1.165, 1.54) is 0 Å². The van der Waals surface area contributed by atoms with Crippen LogP contribution in [0.4, 0.5) is 4.39 Å². The molecule has 1 saturated carbocycles. The normalized spacial score (nSPS) is 35.8. The lowest BCUT2D eigenvalue weighted by molar-refractivity contribution is -0.154. The number of ether oxygens (including phenoxy) is 1. The molecule has 3 saturated heterocycles. The van der Waals surface area contributed by atoms with Crippen molar-refractivity contribution in [1.82, 2.24) is 9.80 Å². The first-order valence-corrected chi connectivity index (χ1v) is 8.95. The number of hydrogen-bond donors (Lipinski definition) is 0. The predicted octanol–water partition coefficient (Wildman–Crippen LogP) is 1.36. The van der Waals surface area contributed by atoms with E-state index in [1.54, 1.807) is 4.90 Å². The third kappa shape index (κ3) is 2.86. The maximum atomic E-state index is 14.0. The van der Waals surface area contributed by atoms with E-state index in [-0.39, 0.29) is 29.8 Å². The van der Waals surface area contributed by atoms with E-state index in [0.29, 0.717) is 32.5 Å². The molecule has 23 heavy (non-hydrogen) atoms. The van der Waals surface area contributed by atoms with Gasteiger partial charge in [0.05, 0.1) is 18.6 Å². The lowest BCUT2D eigenvalue weighted by Crippen LogP contribution is -2.53. The van der Waals surface area contributed by atoms with Gasteiger partial charge in [-0.25, -0.2) is 4.39 Å². The van der Waals surface area contributed by atoms with E-state index in [1.807, 2.05) is 4.90 Å². The van der Waals surface area contributed by atoms with Crippen molar-refractivity contribution >= 4 is 11.8 Å². The van der Waals surface area contributed by atoms with Crippen LogP contribution in [0.5, 0.6) is 0 Å². The van der Waals surface area contributed by atoms with Gasteiger partial charge in [0, 0.05) is 32.1 Å². The maximum absolute atomic E-state index is 14.0. The topological polar surface area (TPSA) is 49.9 Å². The Morgan fingerprint density at radius 1 is 1.09 bits per heavy atom. The molecule has 0 unspecified atom stereocenters. The molecule has 3 aliphatic heterocycles. The van der Waals surface area contributed by atoms with Crippen molar-refractivity contribution in [2.24, 2.45) is 11.8 Å². The maximum Gasteiger partial charge on any atom is 0.260 e. The van der Waals surface area contributed by atoms with E-state index < -0.39 is 5.67 Å². The number of rotatable bonds is 2. The van der Waals surface area contributed by atoms with E-state index in [0.717, 1.165) is 38.8 Å². The molecule has 2 amide bonds. The molecule has 0 bridgehead atoms. The highest BCUT2D eigenvalue weighted by Crippen LogP contribution is 2.43. The number of amides is 2. The molecule has 3 heterocycles. The van der Waals surface area contributed by atoms with Crippen LogP contribution in [-0.4, -0.2) is 66.2 Å². The quantitative estimate of drug-likeness (QED) is 0.771. The molecule has 0 spiro atoms. The monoisotopic (exact) mass is 324 g/mol. The summed E-state index contributed by atoms with van der Waals surface area (Å²) in [7, 11) is 0. The SMILES string of the molecule is O=C([C@@H]1CO[C@@H]2CCN(C(=O)C3(F)CC3)C[C@@H]2C1)N1CCCC1. The fourth-order valence-electron chi connectivity index (χ4n) is 4.29. The first-order valence-electron chi connectivity index (χ1n) is 8.95. The molecule has 0 aromatic heterocycles. The predicted molar refractivity (Wildman–Crippen MR) is 81.4 cm³/mol. The molecule has 4 fully saturated rings. The first-order chi connectivity index (χ1) is 11.1. The number of alkyl halides is 1. The molecule has 4 rings (SSSR count). The Morgan fingerprint density at radius 2 is 1.83 bits per heavy atom. The Hall–Kier alpha value is -1.17. The lowest BCUT2D eigenvalue weighted by Gasteiger charge is -2.43. The van der Waals surface area contributed by atoms with Gasteiger partial charge in [0.25, 0.3) is 5.91 Å². The number of carbonyl (C=O) groups excluding carboxylic acids is 2. The molecule has 128 valence electrons. The van der Waals surface area contributed by atoms with E-state index in [9.17, 15) is 14.0 Å². The molecule has 3 atom stereocenters. The van der Waals surface area contributed by atoms with Gasteiger partial charge >= 0.3 is 0 Å². The van der Waals surface area contributed by atoms with E-state index >= 15 is 0 Å². The van der Waals surface area contributed by atoms with Crippen LogP contribution in [0.1, 0.15) is 38.5 Å². The molecule has 1 aliphatic carbocycles. The zero-order valence-corrected chi connectivity index (χ0v) is 13.5. The second-order valence-corrected chi connectivity index (χ2v) is 7.60. The van der Waals surface area contributed by atoms with Gasteiger partial charge in [-0.2, -0.15) is 0 Å². The summed E-state index contributed by atoms with van der Waals surface area (Å²) in [6.45, 7) is 3.34. The smallest absolute Gasteiger partial charge is 0.260 e. The van der Waals surface area contributed by atoms with Gasteiger partial charge in [0.15, 0.2) is 5.67 Å². The van der Waals surface area contributed by atoms with Crippen LogP contribution in [0.15, 0.2) is 0 Å². The van der Waals surface area contributed by atoms with Crippen molar-refractivity contribution in [1.29, 1.82) is 0 Å². The zero-order chi connectivity index (χ0) is 16.0. The van der Waals surface area contributed by atoms with Crippen LogP contribution < -0.4 is 0 Å². The van der Waals surface area contributed by atoms with Gasteiger partial charge in [-0.3, -0.25) is 9.59 Å². The average Bonchev–Trinajstić information content (AvgIpc) is 3.11. The van der Waals surface area contributed by atoms with Gasteiger partial charge in [-0.05, 0) is 38.5 Å². The van der Waals surface area contributed by atoms with Gasteiger partial charge < -0.3 is 14.5 Å². The van der Waals surface area contributed by atoms with Crippen molar-refractivity contribution in [2.45, 2.75) is 50.3 Å². The fraction of sp³-hybridized carbons (Fsp3) is 0.882. The molecular formula is C17H25FN2O3. The Balaban J connectivity index is 1.38. The van der Waals surface area contributed by atoms with Crippen LogP contribution in [0.3, 0.4) is 0 Å². The summed E-state index contributed by atoms with van der Waals surface area (Å²) in [6.07, 6.45) is 4.56. The van der Waals surface area contributed by atoms with Crippen LogP contribution in [0, 0.1) is 11.8 Å². The highest BCUT2D eigenvalue weighted by Gasteiger charge is 2.54. The van der Waals surface area contributed by atoms with Crippen LogP contribution in [-0.2, 0) is 14.3 Å². The first kappa shape index (κ1) is 15.4. The average molecular weight is 324 g/mol. The van der Waals surface area contributed by atoms with Crippen LogP contribution >= 0.6 is 0 Å². The third-order valence-electron chi connectivity index (χ3n) is 5.89. The fourth-order valence-corrected chi connectivity index (χ4v) is 4.29. The number of piperidine rings is 1. The summed E-state index contributed by atoms with van der Waals surface area (Å²) >= 11 is 0. The number of likely N-dealkylation sites (tertiary alicyclic amines) is 2. The molecule has 4 aliphatic rings. The number of nitrogens with zero attached hydrogens (tertiary/aromatic N) is 2. The Labute approximate surface area is 136 Å². The van der Waals surface area contributed by atoms with Crippen molar-refractivity contribution in [3.63, 3.8) is 0 Å². The molecule has 0 aromatic carbocycles. The van der Waals surface area contributed by atoms with Crippen molar-refractivity contribution in [2.75, 3.05) is 32.8 Å².